The molecule has 0 N–H and O–H groups in total. The van der Waals surface area contributed by atoms with Crippen LogP contribution in [0.3, 0.4) is 0 Å². The van der Waals surface area contributed by atoms with Gasteiger partial charge in [-0.05, 0) is 18.8 Å². The Kier molecular flexibility index (Phi) is 6.10. The quantitative estimate of drug-likeness (QED) is 0.701. The highest BCUT2D eigenvalue weighted by Crippen LogP contribution is 2.27. The summed E-state index contributed by atoms with van der Waals surface area (Å²) in [7, 11) is -1.97. The maximum atomic E-state index is 12.9. The van der Waals surface area contributed by atoms with Gasteiger partial charge in [-0.15, -0.1) is 0 Å². The molecule has 2 aromatic heterocycles. The first kappa shape index (κ1) is 22.5. The van der Waals surface area contributed by atoms with Gasteiger partial charge in [0.1, 0.15) is 5.82 Å². The first-order valence-corrected chi connectivity index (χ1v) is 11.0. The first-order valence-electron chi connectivity index (χ1n) is 9.56. The highest BCUT2D eigenvalue weighted by molar-refractivity contribution is 7.89. The van der Waals surface area contributed by atoms with Gasteiger partial charge < -0.3 is 4.57 Å². The second-order valence-electron chi connectivity index (χ2n) is 7.81. The number of piperidine rings is 1. The molecule has 0 spiro atoms. The number of sulfonamides is 1. The molecule has 0 saturated carbocycles. The summed E-state index contributed by atoms with van der Waals surface area (Å²) in [5.41, 5.74) is -2.00. The Bertz CT molecular complexity index is 1070. The molecule has 30 heavy (non-hydrogen) atoms. The molecule has 0 amide bonds. The summed E-state index contributed by atoms with van der Waals surface area (Å²) in [6, 6.07) is 0.479. The molecule has 12 heteroatoms. The second kappa shape index (κ2) is 8.14. The van der Waals surface area contributed by atoms with E-state index in [1.807, 2.05) is 13.8 Å². The molecule has 1 fully saturated rings. The standard InChI is InChI=1S/C18H24F3N5O3S/c1-12(2)17-23-15(10-24(17)3)30(28,29)26-6-4-13(5-7-26)9-25-11-22-14(8-16(25)27)18(19,20)21/h8,10-13H,4-7,9H2,1-3H3. The van der Waals surface area contributed by atoms with E-state index in [1.54, 1.807) is 11.6 Å². The second-order valence-corrected chi connectivity index (χ2v) is 9.70. The molecule has 8 nitrogen and oxygen atoms in total. The Morgan fingerprint density at radius 3 is 2.37 bits per heavy atom. The lowest BCUT2D eigenvalue weighted by Crippen LogP contribution is -2.40. The Labute approximate surface area is 172 Å². The minimum absolute atomic E-state index is 0.00955. The van der Waals surface area contributed by atoms with Gasteiger partial charge in [0.15, 0.2) is 10.7 Å². The van der Waals surface area contributed by atoms with Crippen LogP contribution in [0.2, 0.25) is 0 Å². The third kappa shape index (κ3) is 4.59. The van der Waals surface area contributed by atoms with Crippen LogP contribution in [0.5, 0.6) is 0 Å². The predicted molar refractivity (Wildman–Crippen MR) is 102 cm³/mol. The molecule has 166 valence electrons. The zero-order valence-corrected chi connectivity index (χ0v) is 17.7. The molecule has 0 aromatic carbocycles. The van der Waals surface area contributed by atoms with Crippen LogP contribution in [-0.2, 0) is 29.8 Å². The topological polar surface area (TPSA) is 90.1 Å². The van der Waals surface area contributed by atoms with E-state index in [1.165, 1.54) is 10.5 Å². The number of hydrogen-bond acceptors (Lipinski definition) is 5. The molecule has 1 aliphatic heterocycles. The monoisotopic (exact) mass is 447 g/mol. The summed E-state index contributed by atoms with van der Waals surface area (Å²) < 4.78 is 67.9. The molecule has 1 aliphatic rings. The average Bonchev–Trinajstić information content (AvgIpc) is 3.06. The van der Waals surface area contributed by atoms with Crippen LogP contribution in [0.4, 0.5) is 13.2 Å². The maximum absolute atomic E-state index is 12.9. The molecule has 2 aromatic rings. The minimum Gasteiger partial charge on any atom is -0.336 e. The lowest BCUT2D eigenvalue weighted by Gasteiger charge is -2.30. The van der Waals surface area contributed by atoms with E-state index in [0.717, 1.165) is 10.9 Å². The minimum atomic E-state index is -4.67. The van der Waals surface area contributed by atoms with Crippen LogP contribution in [0, 0.1) is 5.92 Å². The molecule has 0 bridgehead atoms. The smallest absolute Gasteiger partial charge is 0.336 e. The Morgan fingerprint density at radius 2 is 1.87 bits per heavy atom. The molecule has 0 radical (unpaired) electrons. The van der Waals surface area contributed by atoms with Crippen molar-refractivity contribution in [3.8, 4) is 0 Å². The highest BCUT2D eigenvalue weighted by Gasteiger charge is 2.34. The van der Waals surface area contributed by atoms with Gasteiger partial charge >= 0.3 is 6.18 Å². The van der Waals surface area contributed by atoms with Crippen molar-refractivity contribution in [2.45, 2.75) is 50.4 Å². The van der Waals surface area contributed by atoms with Crippen LogP contribution >= 0.6 is 0 Å². The molecular formula is C18H24F3N5O3S. The van der Waals surface area contributed by atoms with Crippen LogP contribution in [-0.4, -0.2) is 44.9 Å². The fourth-order valence-corrected chi connectivity index (χ4v) is 5.03. The van der Waals surface area contributed by atoms with Crippen molar-refractivity contribution in [3.05, 3.63) is 40.5 Å². The van der Waals surface area contributed by atoms with E-state index >= 15 is 0 Å². The summed E-state index contributed by atoms with van der Waals surface area (Å²) in [4.78, 5) is 19.6. The van der Waals surface area contributed by atoms with Gasteiger partial charge in [0.05, 0.1) is 6.33 Å². The zero-order valence-electron chi connectivity index (χ0n) is 16.9. The third-order valence-electron chi connectivity index (χ3n) is 5.21. The normalized spacial score (nSPS) is 17.0. The Morgan fingerprint density at radius 1 is 1.23 bits per heavy atom. The van der Waals surface area contributed by atoms with E-state index in [9.17, 15) is 26.4 Å². The van der Waals surface area contributed by atoms with Crippen molar-refractivity contribution in [3.63, 3.8) is 0 Å². The summed E-state index contributed by atoms with van der Waals surface area (Å²) in [6.07, 6.45) is -1.30. The van der Waals surface area contributed by atoms with Crippen LogP contribution in [0.25, 0.3) is 0 Å². The van der Waals surface area contributed by atoms with E-state index < -0.39 is 27.5 Å². The van der Waals surface area contributed by atoms with Crippen LogP contribution in [0.15, 0.2) is 28.4 Å². The van der Waals surface area contributed by atoms with Gasteiger partial charge in [-0.3, -0.25) is 9.36 Å². The Balaban J connectivity index is 1.66. The van der Waals surface area contributed by atoms with Crippen molar-refractivity contribution >= 4 is 10.0 Å². The van der Waals surface area contributed by atoms with Crippen molar-refractivity contribution in [1.82, 2.24) is 23.4 Å². The van der Waals surface area contributed by atoms with Crippen LogP contribution in [0.1, 0.15) is 44.1 Å². The van der Waals surface area contributed by atoms with E-state index in [-0.39, 0.29) is 36.5 Å². The van der Waals surface area contributed by atoms with E-state index in [0.29, 0.717) is 24.7 Å². The summed E-state index contributed by atoms with van der Waals surface area (Å²) in [5, 5.41) is 0.00955. The largest absolute Gasteiger partial charge is 0.433 e. The molecule has 0 aliphatic carbocycles. The Hall–Kier alpha value is -2.21. The van der Waals surface area contributed by atoms with Crippen molar-refractivity contribution in [2.24, 2.45) is 13.0 Å². The van der Waals surface area contributed by atoms with E-state index in [2.05, 4.69) is 9.97 Å². The van der Waals surface area contributed by atoms with Crippen molar-refractivity contribution < 1.29 is 21.6 Å². The number of alkyl halides is 3. The van der Waals surface area contributed by atoms with Crippen molar-refractivity contribution in [2.75, 3.05) is 13.1 Å². The lowest BCUT2D eigenvalue weighted by atomic mass is 9.98. The third-order valence-corrected chi connectivity index (χ3v) is 6.98. The number of nitrogens with zero attached hydrogens (tertiary/aromatic N) is 5. The molecule has 0 atom stereocenters. The molecule has 3 rings (SSSR count). The van der Waals surface area contributed by atoms with Crippen LogP contribution < -0.4 is 5.56 Å². The molecule has 3 heterocycles. The van der Waals surface area contributed by atoms with Gasteiger partial charge in [0.2, 0.25) is 0 Å². The number of rotatable bonds is 5. The summed E-state index contributed by atoms with van der Waals surface area (Å²) in [5.74, 6) is 0.723. The fraction of sp³-hybridized carbons (Fsp3) is 0.611. The number of imidazole rings is 1. The number of hydrogen-bond donors (Lipinski definition) is 0. The van der Waals surface area contributed by atoms with E-state index in [4.69, 9.17) is 0 Å². The average molecular weight is 447 g/mol. The number of halogens is 3. The van der Waals surface area contributed by atoms with Crippen molar-refractivity contribution in [1.29, 1.82) is 0 Å². The lowest BCUT2D eigenvalue weighted by molar-refractivity contribution is -0.141. The van der Waals surface area contributed by atoms with Gasteiger partial charge in [0.25, 0.3) is 15.6 Å². The first-order chi connectivity index (χ1) is 13.9. The SMILES string of the molecule is CC(C)c1nc(S(=O)(=O)N2CCC(Cn3cnc(C(F)(F)F)cc3=O)CC2)cn1C. The summed E-state index contributed by atoms with van der Waals surface area (Å²) >= 11 is 0. The molecular weight excluding hydrogens is 423 g/mol. The maximum Gasteiger partial charge on any atom is 0.433 e. The van der Waals surface area contributed by atoms with Gasteiger partial charge in [-0.25, -0.2) is 18.4 Å². The van der Waals surface area contributed by atoms with Gasteiger partial charge in [0, 0.05) is 44.9 Å². The summed E-state index contributed by atoms with van der Waals surface area (Å²) in [6.45, 7) is 4.57. The zero-order chi connectivity index (χ0) is 22.3. The fourth-order valence-electron chi connectivity index (χ4n) is 3.57. The van der Waals surface area contributed by atoms with Gasteiger partial charge in [-0.1, -0.05) is 13.8 Å². The molecule has 0 unspecified atom stereocenters. The van der Waals surface area contributed by atoms with Gasteiger partial charge in [-0.2, -0.15) is 17.5 Å². The predicted octanol–water partition coefficient (Wildman–Crippen LogP) is 2.22. The highest BCUT2D eigenvalue weighted by atomic mass is 32.2. The number of aromatic nitrogens is 4. The number of aryl methyl sites for hydroxylation is 1. The molecule has 1 saturated heterocycles.